The van der Waals surface area contributed by atoms with Gasteiger partial charge in [-0.3, -0.25) is 4.79 Å². The molecule has 0 aromatic heterocycles. The fourth-order valence-electron chi connectivity index (χ4n) is 1.93. The Morgan fingerprint density at radius 2 is 2.00 bits per heavy atom. The third kappa shape index (κ3) is 5.59. The van der Waals surface area contributed by atoms with Crippen molar-refractivity contribution in [1.29, 1.82) is 0 Å². The highest BCUT2D eigenvalue weighted by Crippen LogP contribution is 2.09. The third-order valence-electron chi connectivity index (χ3n) is 2.95. The second-order valence-corrected chi connectivity index (χ2v) is 4.57. The number of benzene rings is 1. The molecule has 0 atom stereocenters. The van der Waals surface area contributed by atoms with Crippen LogP contribution < -0.4 is 10.1 Å². The van der Waals surface area contributed by atoms with E-state index in [1.165, 1.54) is 0 Å². The standard InChI is InChI=1S/C15H21NO4/c17-14(16-9-8-15-19-11-12-20-15)7-4-10-18-13-5-2-1-3-6-13/h1-3,5-6,15H,4,7-12H2,(H,16,17). The Morgan fingerprint density at radius 3 is 2.75 bits per heavy atom. The molecule has 0 unspecified atom stereocenters. The lowest BCUT2D eigenvalue weighted by Gasteiger charge is -2.10. The van der Waals surface area contributed by atoms with Crippen molar-refractivity contribution in [3.63, 3.8) is 0 Å². The predicted octanol–water partition coefficient (Wildman–Crippen LogP) is 1.72. The molecular formula is C15H21NO4. The van der Waals surface area contributed by atoms with Gasteiger partial charge in [-0.2, -0.15) is 0 Å². The Morgan fingerprint density at radius 1 is 1.25 bits per heavy atom. The van der Waals surface area contributed by atoms with Gasteiger partial charge >= 0.3 is 0 Å². The predicted molar refractivity (Wildman–Crippen MR) is 74.5 cm³/mol. The van der Waals surface area contributed by atoms with E-state index in [0.29, 0.717) is 45.6 Å². The van der Waals surface area contributed by atoms with Gasteiger partial charge in [0.1, 0.15) is 5.75 Å². The van der Waals surface area contributed by atoms with E-state index in [0.717, 1.165) is 5.75 Å². The van der Waals surface area contributed by atoms with Crippen molar-refractivity contribution in [3.8, 4) is 5.75 Å². The van der Waals surface area contributed by atoms with Crippen molar-refractivity contribution in [2.24, 2.45) is 0 Å². The lowest BCUT2D eigenvalue weighted by Crippen LogP contribution is -2.27. The zero-order valence-electron chi connectivity index (χ0n) is 11.5. The van der Waals surface area contributed by atoms with Crippen LogP contribution in [0.25, 0.3) is 0 Å². The van der Waals surface area contributed by atoms with Crippen LogP contribution in [0.15, 0.2) is 30.3 Å². The summed E-state index contributed by atoms with van der Waals surface area (Å²) < 4.78 is 16.1. The average molecular weight is 279 g/mol. The Bertz CT molecular complexity index is 390. The second-order valence-electron chi connectivity index (χ2n) is 4.57. The molecule has 0 bridgehead atoms. The van der Waals surface area contributed by atoms with E-state index in [1.807, 2.05) is 30.3 Å². The van der Waals surface area contributed by atoms with Crippen molar-refractivity contribution in [3.05, 3.63) is 30.3 Å². The molecule has 5 nitrogen and oxygen atoms in total. The molecule has 2 rings (SSSR count). The maximum atomic E-state index is 11.6. The fourth-order valence-corrected chi connectivity index (χ4v) is 1.93. The molecule has 0 radical (unpaired) electrons. The minimum atomic E-state index is -0.156. The number of carbonyl (C=O) groups is 1. The van der Waals surface area contributed by atoms with E-state index in [-0.39, 0.29) is 12.2 Å². The van der Waals surface area contributed by atoms with Gasteiger partial charge in [0.25, 0.3) is 0 Å². The van der Waals surface area contributed by atoms with Gasteiger partial charge in [-0.25, -0.2) is 0 Å². The first-order valence-corrected chi connectivity index (χ1v) is 7.02. The molecule has 0 aliphatic carbocycles. The molecule has 1 amide bonds. The first-order chi connectivity index (χ1) is 9.84. The maximum Gasteiger partial charge on any atom is 0.220 e. The van der Waals surface area contributed by atoms with E-state index >= 15 is 0 Å². The number of carbonyl (C=O) groups excluding carboxylic acids is 1. The molecule has 110 valence electrons. The number of hydrogen-bond donors (Lipinski definition) is 1. The van der Waals surface area contributed by atoms with Crippen molar-refractivity contribution < 1.29 is 19.0 Å². The Balaban J connectivity index is 1.47. The van der Waals surface area contributed by atoms with Crippen LogP contribution in [0.4, 0.5) is 0 Å². The van der Waals surface area contributed by atoms with Gasteiger partial charge in [0.15, 0.2) is 6.29 Å². The van der Waals surface area contributed by atoms with Crippen molar-refractivity contribution in [2.45, 2.75) is 25.6 Å². The van der Waals surface area contributed by atoms with Gasteiger partial charge < -0.3 is 19.5 Å². The van der Waals surface area contributed by atoms with Gasteiger partial charge in [0.2, 0.25) is 5.91 Å². The van der Waals surface area contributed by atoms with Crippen LogP contribution in [0.2, 0.25) is 0 Å². The number of para-hydroxylation sites is 1. The number of rotatable bonds is 8. The van der Waals surface area contributed by atoms with Crippen molar-refractivity contribution in [1.82, 2.24) is 5.32 Å². The van der Waals surface area contributed by atoms with Gasteiger partial charge in [-0.15, -0.1) is 0 Å². The van der Waals surface area contributed by atoms with Gasteiger partial charge in [0, 0.05) is 19.4 Å². The molecule has 1 aromatic rings. The monoisotopic (exact) mass is 279 g/mol. The maximum absolute atomic E-state index is 11.6. The number of amides is 1. The van der Waals surface area contributed by atoms with E-state index < -0.39 is 0 Å². The van der Waals surface area contributed by atoms with E-state index in [2.05, 4.69) is 5.32 Å². The van der Waals surface area contributed by atoms with Gasteiger partial charge in [-0.1, -0.05) is 18.2 Å². The lowest BCUT2D eigenvalue weighted by molar-refractivity contribution is -0.121. The molecule has 0 saturated carbocycles. The van der Waals surface area contributed by atoms with E-state index in [4.69, 9.17) is 14.2 Å². The molecule has 1 N–H and O–H groups in total. The summed E-state index contributed by atoms with van der Waals surface area (Å²) in [4.78, 5) is 11.6. The first kappa shape index (κ1) is 14.8. The van der Waals surface area contributed by atoms with Crippen molar-refractivity contribution >= 4 is 5.91 Å². The molecule has 1 saturated heterocycles. The van der Waals surface area contributed by atoms with Crippen LogP contribution in [0.5, 0.6) is 5.75 Å². The summed E-state index contributed by atoms with van der Waals surface area (Å²) in [6, 6.07) is 9.60. The highest BCUT2D eigenvalue weighted by atomic mass is 16.7. The molecule has 1 aromatic carbocycles. The number of hydrogen-bond acceptors (Lipinski definition) is 4. The molecule has 5 heteroatoms. The fraction of sp³-hybridized carbons (Fsp3) is 0.533. The minimum absolute atomic E-state index is 0.0414. The minimum Gasteiger partial charge on any atom is -0.494 e. The molecular weight excluding hydrogens is 258 g/mol. The molecule has 1 aliphatic rings. The zero-order valence-corrected chi connectivity index (χ0v) is 11.5. The highest BCUT2D eigenvalue weighted by Gasteiger charge is 2.15. The topological polar surface area (TPSA) is 56.8 Å². The summed E-state index contributed by atoms with van der Waals surface area (Å²) in [5.41, 5.74) is 0. The third-order valence-corrected chi connectivity index (χ3v) is 2.95. The van der Waals surface area contributed by atoms with Crippen molar-refractivity contribution in [2.75, 3.05) is 26.4 Å². The van der Waals surface area contributed by atoms with Crippen LogP contribution in [0.3, 0.4) is 0 Å². The van der Waals surface area contributed by atoms with E-state index in [9.17, 15) is 4.79 Å². The van der Waals surface area contributed by atoms with Crippen LogP contribution in [-0.2, 0) is 14.3 Å². The lowest BCUT2D eigenvalue weighted by atomic mass is 10.3. The number of nitrogens with one attached hydrogen (secondary N) is 1. The summed E-state index contributed by atoms with van der Waals surface area (Å²) in [5, 5.41) is 2.85. The average Bonchev–Trinajstić information content (AvgIpc) is 2.98. The quantitative estimate of drug-likeness (QED) is 0.736. The largest absolute Gasteiger partial charge is 0.494 e. The van der Waals surface area contributed by atoms with Gasteiger partial charge in [0.05, 0.1) is 19.8 Å². The summed E-state index contributed by atoms with van der Waals surface area (Å²) in [7, 11) is 0. The Kier molecular flexibility index (Phi) is 6.34. The summed E-state index contributed by atoms with van der Waals surface area (Å²) in [6.07, 6.45) is 1.72. The Hall–Kier alpha value is -1.59. The summed E-state index contributed by atoms with van der Waals surface area (Å²) in [5.74, 6) is 0.878. The summed E-state index contributed by atoms with van der Waals surface area (Å²) in [6.45, 7) is 2.43. The normalized spacial score (nSPS) is 15.2. The number of ether oxygens (including phenoxy) is 3. The SMILES string of the molecule is O=C(CCCOc1ccccc1)NCCC1OCCO1. The highest BCUT2D eigenvalue weighted by molar-refractivity contribution is 5.75. The first-order valence-electron chi connectivity index (χ1n) is 7.02. The van der Waals surface area contributed by atoms with Crippen LogP contribution in [0, 0.1) is 0 Å². The summed E-state index contributed by atoms with van der Waals surface area (Å²) >= 11 is 0. The van der Waals surface area contributed by atoms with Crippen LogP contribution in [-0.4, -0.2) is 38.6 Å². The Labute approximate surface area is 119 Å². The molecule has 20 heavy (non-hydrogen) atoms. The van der Waals surface area contributed by atoms with Crippen LogP contribution >= 0.6 is 0 Å². The smallest absolute Gasteiger partial charge is 0.220 e. The zero-order chi connectivity index (χ0) is 14.0. The van der Waals surface area contributed by atoms with Gasteiger partial charge in [-0.05, 0) is 18.6 Å². The second kappa shape index (κ2) is 8.55. The molecule has 1 aliphatic heterocycles. The molecule has 0 spiro atoms. The molecule has 1 heterocycles. The van der Waals surface area contributed by atoms with Crippen LogP contribution in [0.1, 0.15) is 19.3 Å². The molecule has 1 fully saturated rings. The van der Waals surface area contributed by atoms with E-state index in [1.54, 1.807) is 0 Å².